The molecule has 0 bridgehead atoms. The molecule has 8 heteroatoms. The Labute approximate surface area is 161 Å². The van der Waals surface area contributed by atoms with E-state index in [-0.39, 0.29) is 24.7 Å². The van der Waals surface area contributed by atoms with Gasteiger partial charge in [-0.25, -0.2) is 4.39 Å². The summed E-state index contributed by atoms with van der Waals surface area (Å²) >= 11 is 0. The van der Waals surface area contributed by atoms with Gasteiger partial charge in [0.2, 0.25) is 17.6 Å². The minimum Gasteiger partial charge on any atom is -0.496 e. The zero-order chi connectivity index (χ0) is 19.9. The number of amides is 1. The summed E-state index contributed by atoms with van der Waals surface area (Å²) in [5.41, 5.74) is 1.40. The van der Waals surface area contributed by atoms with E-state index in [2.05, 4.69) is 15.5 Å². The van der Waals surface area contributed by atoms with Crippen LogP contribution in [0.4, 0.5) is 4.39 Å². The van der Waals surface area contributed by atoms with Gasteiger partial charge in [0.05, 0.1) is 26.3 Å². The van der Waals surface area contributed by atoms with Crippen molar-refractivity contribution in [3.05, 3.63) is 59.7 Å². The highest BCUT2D eigenvalue weighted by atomic mass is 19.1. The Morgan fingerprint density at radius 1 is 1.11 bits per heavy atom. The van der Waals surface area contributed by atoms with Crippen LogP contribution in [0.1, 0.15) is 17.9 Å². The van der Waals surface area contributed by atoms with E-state index in [0.717, 1.165) is 5.56 Å². The van der Waals surface area contributed by atoms with Crippen molar-refractivity contribution in [1.29, 1.82) is 0 Å². The van der Waals surface area contributed by atoms with Gasteiger partial charge in [-0.05, 0) is 36.4 Å². The summed E-state index contributed by atoms with van der Waals surface area (Å²) in [6.07, 6.45) is 0.478. The number of aromatic nitrogens is 2. The molecular weight excluding hydrogens is 365 g/mol. The van der Waals surface area contributed by atoms with E-state index >= 15 is 0 Å². The van der Waals surface area contributed by atoms with Gasteiger partial charge in [0.25, 0.3) is 0 Å². The lowest BCUT2D eigenvalue weighted by Crippen LogP contribution is -2.23. The average Bonchev–Trinajstić information content (AvgIpc) is 3.20. The predicted octanol–water partition coefficient (Wildman–Crippen LogP) is 3.14. The van der Waals surface area contributed by atoms with Crippen LogP contribution in [0.3, 0.4) is 0 Å². The number of carbonyl (C=O) groups excluding carboxylic acids is 1. The molecule has 0 fully saturated rings. The Hall–Kier alpha value is -3.42. The summed E-state index contributed by atoms with van der Waals surface area (Å²) in [6.45, 7) is 0.274. The molecular formula is C20H20FN3O4. The summed E-state index contributed by atoms with van der Waals surface area (Å²) in [7, 11) is 3.13. The fraction of sp³-hybridized carbons (Fsp3) is 0.250. The number of halogens is 1. The smallest absolute Gasteiger partial charge is 0.227 e. The van der Waals surface area contributed by atoms with Crippen LogP contribution in [0.15, 0.2) is 47.0 Å². The fourth-order valence-corrected chi connectivity index (χ4v) is 2.67. The lowest BCUT2D eigenvalue weighted by Gasteiger charge is -2.13. The molecule has 28 heavy (non-hydrogen) atoms. The Morgan fingerprint density at radius 3 is 2.43 bits per heavy atom. The lowest BCUT2D eigenvalue weighted by molar-refractivity contribution is -0.121. The second-order valence-electron chi connectivity index (χ2n) is 5.94. The largest absolute Gasteiger partial charge is 0.496 e. The molecule has 0 aliphatic carbocycles. The second kappa shape index (κ2) is 8.98. The monoisotopic (exact) mass is 385 g/mol. The molecule has 0 saturated heterocycles. The Balaban J connectivity index is 1.55. The molecule has 0 aliphatic rings. The number of methoxy groups -OCH3 is 2. The Bertz CT molecular complexity index is 919. The van der Waals surface area contributed by atoms with E-state index < -0.39 is 0 Å². The number of nitrogens with one attached hydrogen (secondary N) is 1. The van der Waals surface area contributed by atoms with Crippen molar-refractivity contribution >= 4 is 5.91 Å². The topological polar surface area (TPSA) is 86.5 Å². The summed E-state index contributed by atoms with van der Waals surface area (Å²) in [5.74, 6) is 1.46. The highest BCUT2D eigenvalue weighted by Crippen LogP contribution is 2.27. The molecule has 0 unspecified atom stereocenters. The van der Waals surface area contributed by atoms with Crippen molar-refractivity contribution in [2.45, 2.75) is 19.4 Å². The maximum atomic E-state index is 13.0. The number of aryl methyl sites for hydroxylation is 1. The number of rotatable bonds is 8. The summed E-state index contributed by atoms with van der Waals surface area (Å²) < 4.78 is 28.8. The molecule has 0 radical (unpaired) electrons. The van der Waals surface area contributed by atoms with Crippen molar-refractivity contribution in [2.75, 3.05) is 14.2 Å². The van der Waals surface area contributed by atoms with Crippen LogP contribution < -0.4 is 14.8 Å². The quantitative estimate of drug-likeness (QED) is 0.641. The van der Waals surface area contributed by atoms with E-state index in [4.69, 9.17) is 14.0 Å². The van der Waals surface area contributed by atoms with Crippen molar-refractivity contribution in [2.24, 2.45) is 0 Å². The molecule has 3 rings (SSSR count). The van der Waals surface area contributed by atoms with E-state index in [1.54, 1.807) is 38.5 Å². The number of nitrogens with zero attached hydrogens (tertiary/aromatic N) is 2. The predicted molar refractivity (Wildman–Crippen MR) is 99.4 cm³/mol. The maximum Gasteiger partial charge on any atom is 0.227 e. The molecule has 1 heterocycles. The standard InChI is InChI=1S/C20H20FN3O4/c1-26-16-4-3-5-17(27-2)15(16)12-22-18(25)10-11-19-23-20(24-28-19)13-6-8-14(21)9-7-13/h3-9H,10-12H2,1-2H3,(H,22,25). The number of hydrogen-bond acceptors (Lipinski definition) is 6. The number of hydrogen-bond donors (Lipinski definition) is 1. The molecule has 1 amide bonds. The van der Waals surface area contributed by atoms with Crippen LogP contribution in [0.25, 0.3) is 11.4 Å². The first kappa shape index (κ1) is 19.3. The van der Waals surface area contributed by atoms with Crippen LogP contribution in [-0.4, -0.2) is 30.3 Å². The third kappa shape index (κ3) is 4.64. The van der Waals surface area contributed by atoms with Crippen LogP contribution in [0, 0.1) is 5.82 Å². The van der Waals surface area contributed by atoms with Gasteiger partial charge in [0.15, 0.2) is 0 Å². The Morgan fingerprint density at radius 2 is 1.79 bits per heavy atom. The first-order valence-corrected chi connectivity index (χ1v) is 8.65. The van der Waals surface area contributed by atoms with Gasteiger partial charge >= 0.3 is 0 Å². The number of benzene rings is 2. The second-order valence-corrected chi connectivity index (χ2v) is 5.94. The number of ether oxygens (including phenoxy) is 2. The molecule has 0 aliphatic heterocycles. The van der Waals surface area contributed by atoms with Crippen molar-refractivity contribution in [3.63, 3.8) is 0 Å². The zero-order valence-electron chi connectivity index (χ0n) is 15.6. The van der Waals surface area contributed by atoms with Gasteiger partial charge in [-0.1, -0.05) is 11.2 Å². The first-order chi connectivity index (χ1) is 13.6. The lowest BCUT2D eigenvalue weighted by atomic mass is 10.1. The van der Waals surface area contributed by atoms with E-state index in [1.807, 2.05) is 6.07 Å². The summed E-state index contributed by atoms with van der Waals surface area (Å²) in [6, 6.07) is 11.2. The molecule has 146 valence electrons. The van der Waals surface area contributed by atoms with Crippen LogP contribution in [0.5, 0.6) is 11.5 Å². The summed E-state index contributed by atoms with van der Waals surface area (Å²) in [4.78, 5) is 16.4. The molecule has 1 aromatic heterocycles. The molecule has 0 atom stereocenters. The van der Waals surface area contributed by atoms with Gasteiger partial charge in [-0.15, -0.1) is 0 Å². The van der Waals surface area contributed by atoms with Gasteiger partial charge in [0, 0.05) is 18.4 Å². The van der Waals surface area contributed by atoms with Crippen LogP contribution >= 0.6 is 0 Å². The third-order valence-corrected chi connectivity index (χ3v) is 4.13. The van der Waals surface area contributed by atoms with E-state index in [0.29, 0.717) is 35.2 Å². The molecule has 1 N–H and O–H groups in total. The first-order valence-electron chi connectivity index (χ1n) is 8.65. The van der Waals surface area contributed by atoms with Crippen LogP contribution in [0.2, 0.25) is 0 Å². The van der Waals surface area contributed by atoms with Gasteiger partial charge in [-0.2, -0.15) is 4.98 Å². The van der Waals surface area contributed by atoms with Gasteiger partial charge in [-0.3, -0.25) is 4.79 Å². The Kier molecular flexibility index (Phi) is 6.21. The molecule has 0 spiro atoms. The van der Waals surface area contributed by atoms with Gasteiger partial charge < -0.3 is 19.3 Å². The summed E-state index contributed by atoms with van der Waals surface area (Å²) in [5, 5.41) is 6.69. The van der Waals surface area contributed by atoms with Crippen molar-refractivity contribution in [1.82, 2.24) is 15.5 Å². The van der Waals surface area contributed by atoms with Crippen molar-refractivity contribution in [3.8, 4) is 22.9 Å². The SMILES string of the molecule is COc1cccc(OC)c1CNC(=O)CCc1nc(-c2ccc(F)cc2)no1. The molecule has 3 aromatic rings. The van der Waals surface area contributed by atoms with Crippen LogP contribution in [-0.2, 0) is 17.8 Å². The highest BCUT2D eigenvalue weighted by Gasteiger charge is 2.13. The zero-order valence-corrected chi connectivity index (χ0v) is 15.6. The van der Waals surface area contributed by atoms with Gasteiger partial charge in [0.1, 0.15) is 17.3 Å². The van der Waals surface area contributed by atoms with E-state index in [9.17, 15) is 9.18 Å². The van der Waals surface area contributed by atoms with Crippen molar-refractivity contribution < 1.29 is 23.2 Å². The molecule has 7 nitrogen and oxygen atoms in total. The average molecular weight is 385 g/mol. The minimum absolute atomic E-state index is 0.172. The van der Waals surface area contributed by atoms with E-state index in [1.165, 1.54) is 12.1 Å². The fourth-order valence-electron chi connectivity index (χ4n) is 2.67. The molecule has 0 saturated carbocycles. The maximum absolute atomic E-state index is 13.0. The molecule has 2 aromatic carbocycles. The normalized spacial score (nSPS) is 10.5. The minimum atomic E-state index is -0.337. The number of carbonyl (C=O) groups is 1. The highest BCUT2D eigenvalue weighted by molar-refractivity contribution is 5.76. The third-order valence-electron chi connectivity index (χ3n) is 4.13.